The maximum absolute atomic E-state index is 12.5. The van der Waals surface area contributed by atoms with Gasteiger partial charge >= 0.3 is 0 Å². The number of morpholine rings is 1. The van der Waals surface area contributed by atoms with Crippen LogP contribution in [0, 0.1) is 0 Å². The number of nitrogen functional groups attached to an aromatic ring is 1. The molecule has 1 fully saturated rings. The summed E-state index contributed by atoms with van der Waals surface area (Å²) >= 11 is 0. The van der Waals surface area contributed by atoms with Crippen LogP contribution < -0.4 is 5.73 Å². The second-order valence-corrected chi connectivity index (χ2v) is 6.74. The van der Waals surface area contributed by atoms with E-state index < -0.39 is 10.2 Å². The number of nitrogens with two attached hydrogens (primary N) is 1. The molecular weight excluding hydrogens is 266 g/mol. The fourth-order valence-electron chi connectivity index (χ4n) is 2.49. The number of hydrogen-bond donors (Lipinski definition) is 1. The monoisotopic (exact) mass is 283 g/mol. The van der Waals surface area contributed by atoms with E-state index in [0.29, 0.717) is 45.1 Å². The summed E-state index contributed by atoms with van der Waals surface area (Å²) in [5.41, 5.74) is 8.43. The van der Waals surface area contributed by atoms with Crippen molar-refractivity contribution < 1.29 is 13.2 Å². The van der Waals surface area contributed by atoms with Crippen LogP contribution in [0.25, 0.3) is 0 Å². The van der Waals surface area contributed by atoms with Crippen molar-refractivity contribution in [2.75, 3.05) is 32.0 Å². The molecule has 0 radical (unpaired) electrons. The Morgan fingerprint density at radius 2 is 1.74 bits per heavy atom. The Kier molecular flexibility index (Phi) is 3.22. The Balaban J connectivity index is 1.81. The standard InChI is InChI=1S/C12H17N3O3S/c13-12-2-1-10-8-15(9-11(10)7-12)19(16,17)14-3-5-18-6-4-14/h1-2,7H,3-6,8-9,13H2. The molecule has 2 aliphatic heterocycles. The molecule has 1 saturated heterocycles. The average Bonchev–Trinajstić information content (AvgIpc) is 2.83. The first-order chi connectivity index (χ1) is 9.07. The first kappa shape index (κ1) is 12.9. The van der Waals surface area contributed by atoms with Gasteiger partial charge in [-0.2, -0.15) is 17.0 Å². The van der Waals surface area contributed by atoms with Gasteiger partial charge in [-0.15, -0.1) is 0 Å². The summed E-state index contributed by atoms with van der Waals surface area (Å²) in [5, 5.41) is 0. The third-order valence-corrected chi connectivity index (χ3v) is 5.47. The van der Waals surface area contributed by atoms with E-state index >= 15 is 0 Å². The molecule has 0 aliphatic carbocycles. The van der Waals surface area contributed by atoms with Gasteiger partial charge in [-0.1, -0.05) is 6.07 Å². The summed E-state index contributed by atoms with van der Waals surface area (Å²) in [6.45, 7) is 2.62. The van der Waals surface area contributed by atoms with E-state index in [9.17, 15) is 8.42 Å². The molecule has 0 amide bonds. The zero-order valence-corrected chi connectivity index (χ0v) is 11.4. The van der Waals surface area contributed by atoms with Gasteiger partial charge in [0.2, 0.25) is 0 Å². The molecule has 1 aromatic rings. The van der Waals surface area contributed by atoms with E-state index in [2.05, 4.69) is 0 Å². The highest BCUT2D eigenvalue weighted by molar-refractivity contribution is 7.86. The van der Waals surface area contributed by atoms with Crippen LogP contribution in [0.5, 0.6) is 0 Å². The molecule has 0 saturated carbocycles. The van der Waals surface area contributed by atoms with Crippen LogP contribution in [0.2, 0.25) is 0 Å². The van der Waals surface area contributed by atoms with E-state index in [1.165, 1.54) is 8.61 Å². The summed E-state index contributed by atoms with van der Waals surface area (Å²) in [6.07, 6.45) is 0. The van der Waals surface area contributed by atoms with Crippen LogP contribution in [0.1, 0.15) is 11.1 Å². The van der Waals surface area contributed by atoms with Gasteiger partial charge in [0.1, 0.15) is 0 Å². The Hall–Kier alpha value is -1.15. The number of ether oxygens (including phenoxy) is 1. The molecule has 2 heterocycles. The van der Waals surface area contributed by atoms with Crippen LogP contribution in [-0.2, 0) is 28.0 Å². The minimum atomic E-state index is -3.40. The molecule has 19 heavy (non-hydrogen) atoms. The van der Waals surface area contributed by atoms with Gasteiger partial charge in [0.05, 0.1) is 13.2 Å². The van der Waals surface area contributed by atoms with E-state index in [-0.39, 0.29) is 0 Å². The molecule has 1 aromatic carbocycles. The molecule has 7 heteroatoms. The van der Waals surface area contributed by atoms with Crippen LogP contribution >= 0.6 is 0 Å². The maximum atomic E-state index is 12.5. The third-order valence-electron chi connectivity index (χ3n) is 3.55. The molecular formula is C12H17N3O3S. The quantitative estimate of drug-likeness (QED) is 0.785. The zero-order valence-electron chi connectivity index (χ0n) is 10.6. The fourth-order valence-corrected chi connectivity index (χ4v) is 4.03. The normalized spacial score (nSPS) is 21.5. The van der Waals surface area contributed by atoms with Gasteiger partial charge in [-0.05, 0) is 23.3 Å². The van der Waals surface area contributed by atoms with Crippen molar-refractivity contribution in [1.82, 2.24) is 8.61 Å². The van der Waals surface area contributed by atoms with Crippen molar-refractivity contribution in [3.63, 3.8) is 0 Å². The first-order valence-corrected chi connectivity index (χ1v) is 7.67. The van der Waals surface area contributed by atoms with E-state index in [4.69, 9.17) is 10.5 Å². The molecule has 104 valence electrons. The van der Waals surface area contributed by atoms with E-state index in [1.807, 2.05) is 18.2 Å². The molecule has 6 nitrogen and oxygen atoms in total. The highest BCUT2D eigenvalue weighted by Gasteiger charge is 2.34. The predicted molar refractivity (Wildman–Crippen MR) is 71.4 cm³/mol. The van der Waals surface area contributed by atoms with Crippen molar-refractivity contribution in [3.8, 4) is 0 Å². The van der Waals surface area contributed by atoms with Crippen molar-refractivity contribution in [2.45, 2.75) is 13.1 Å². The lowest BCUT2D eigenvalue weighted by molar-refractivity contribution is 0.0701. The van der Waals surface area contributed by atoms with Gasteiger partial charge in [0.25, 0.3) is 10.2 Å². The second kappa shape index (κ2) is 4.75. The third kappa shape index (κ3) is 2.34. The number of benzene rings is 1. The molecule has 2 aliphatic rings. The second-order valence-electron chi connectivity index (χ2n) is 4.82. The van der Waals surface area contributed by atoms with Gasteiger partial charge in [-0.3, -0.25) is 0 Å². The number of nitrogens with zero attached hydrogens (tertiary/aromatic N) is 2. The molecule has 0 atom stereocenters. The minimum Gasteiger partial charge on any atom is -0.399 e. The number of rotatable bonds is 2. The molecule has 0 unspecified atom stereocenters. The molecule has 0 spiro atoms. The van der Waals surface area contributed by atoms with Crippen LogP contribution in [-0.4, -0.2) is 43.3 Å². The van der Waals surface area contributed by atoms with Crippen molar-refractivity contribution in [2.24, 2.45) is 0 Å². The van der Waals surface area contributed by atoms with Crippen LogP contribution in [0.3, 0.4) is 0 Å². The summed E-state index contributed by atoms with van der Waals surface area (Å²) in [4.78, 5) is 0. The molecule has 0 bridgehead atoms. The highest BCUT2D eigenvalue weighted by atomic mass is 32.2. The first-order valence-electron chi connectivity index (χ1n) is 6.27. The van der Waals surface area contributed by atoms with Crippen molar-refractivity contribution >= 4 is 15.9 Å². The summed E-state index contributed by atoms with van der Waals surface area (Å²) in [5.74, 6) is 0. The summed E-state index contributed by atoms with van der Waals surface area (Å²) < 4.78 is 33.2. The van der Waals surface area contributed by atoms with Gasteiger partial charge in [0, 0.05) is 31.9 Å². The highest BCUT2D eigenvalue weighted by Crippen LogP contribution is 2.28. The Morgan fingerprint density at radius 3 is 2.47 bits per heavy atom. The average molecular weight is 283 g/mol. The van der Waals surface area contributed by atoms with Crippen molar-refractivity contribution in [1.29, 1.82) is 0 Å². The Bertz CT molecular complexity index is 582. The maximum Gasteiger partial charge on any atom is 0.282 e. The largest absolute Gasteiger partial charge is 0.399 e. The van der Waals surface area contributed by atoms with Crippen LogP contribution in [0.4, 0.5) is 5.69 Å². The number of anilines is 1. The number of hydrogen-bond acceptors (Lipinski definition) is 4. The lowest BCUT2D eigenvalue weighted by Crippen LogP contribution is -2.46. The number of fused-ring (bicyclic) bond motifs is 1. The zero-order chi connectivity index (χ0) is 13.5. The smallest absolute Gasteiger partial charge is 0.282 e. The summed E-state index contributed by atoms with van der Waals surface area (Å²) in [7, 11) is -3.40. The Morgan fingerprint density at radius 1 is 1.05 bits per heavy atom. The predicted octanol–water partition coefficient (Wildman–Crippen LogP) is 0.161. The lowest BCUT2D eigenvalue weighted by Gasteiger charge is -2.29. The van der Waals surface area contributed by atoms with Gasteiger partial charge in [-0.25, -0.2) is 0 Å². The minimum absolute atomic E-state index is 0.403. The fraction of sp³-hybridized carbons (Fsp3) is 0.500. The van der Waals surface area contributed by atoms with E-state index in [1.54, 1.807) is 0 Å². The lowest BCUT2D eigenvalue weighted by atomic mass is 10.1. The van der Waals surface area contributed by atoms with Crippen molar-refractivity contribution in [3.05, 3.63) is 29.3 Å². The molecule has 2 N–H and O–H groups in total. The molecule has 3 rings (SSSR count). The van der Waals surface area contributed by atoms with E-state index in [0.717, 1.165) is 11.1 Å². The van der Waals surface area contributed by atoms with Gasteiger partial charge < -0.3 is 10.5 Å². The molecule has 0 aromatic heterocycles. The summed E-state index contributed by atoms with van der Waals surface area (Å²) in [6, 6.07) is 5.56. The Labute approximate surface area is 112 Å². The topological polar surface area (TPSA) is 75.9 Å². The van der Waals surface area contributed by atoms with Gasteiger partial charge in [0.15, 0.2) is 0 Å². The van der Waals surface area contributed by atoms with Crippen LogP contribution in [0.15, 0.2) is 18.2 Å². The SMILES string of the molecule is Nc1ccc2c(c1)CN(S(=O)(=O)N1CCOCC1)C2.